The minimum Gasteiger partial charge on any atom is -0.334 e. The molecule has 1 aliphatic rings. The summed E-state index contributed by atoms with van der Waals surface area (Å²) in [5.41, 5.74) is 1.71. The van der Waals surface area contributed by atoms with Gasteiger partial charge in [0.2, 0.25) is 10.0 Å². The molecule has 8 heteroatoms. The first-order chi connectivity index (χ1) is 14.6. The first-order valence-corrected chi connectivity index (χ1v) is 11.8. The second-order valence-electron chi connectivity index (χ2n) is 7.62. The van der Waals surface area contributed by atoms with Gasteiger partial charge in [-0.3, -0.25) is 4.98 Å². The molecule has 0 N–H and O–H groups in total. The molecule has 1 aromatic carbocycles. The van der Waals surface area contributed by atoms with Crippen LogP contribution in [0.15, 0.2) is 58.2 Å². The van der Waals surface area contributed by atoms with Crippen LogP contribution in [0.25, 0.3) is 11.5 Å². The van der Waals surface area contributed by atoms with Crippen LogP contribution in [0.2, 0.25) is 0 Å². The van der Waals surface area contributed by atoms with Gasteiger partial charge in [-0.2, -0.15) is 9.29 Å². The van der Waals surface area contributed by atoms with Gasteiger partial charge in [-0.1, -0.05) is 30.3 Å². The molecule has 30 heavy (non-hydrogen) atoms. The third-order valence-corrected chi connectivity index (χ3v) is 7.59. The SMILES string of the molecule is CCc1ccccc1S(=O)(=O)N1CCCC(CCc2noc(-c3ccncc3)n2)C1. The molecule has 1 fully saturated rings. The van der Waals surface area contributed by atoms with E-state index < -0.39 is 10.0 Å². The molecular formula is C22H26N4O3S. The summed E-state index contributed by atoms with van der Waals surface area (Å²) in [6, 6.07) is 11.0. The van der Waals surface area contributed by atoms with Crippen molar-refractivity contribution in [1.82, 2.24) is 19.4 Å². The van der Waals surface area contributed by atoms with Crippen LogP contribution in [-0.2, 0) is 22.9 Å². The van der Waals surface area contributed by atoms with Gasteiger partial charge >= 0.3 is 0 Å². The zero-order valence-electron chi connectivity index (χ0n) is 17.1. The minimum absolute atomic E-state index is 0.283. The summed E-state index contributed by atoms with van der Waals surface area (Å²) in [5, 5.41) is 4.08. The molecule has 0 aliphatic carbocycles. The average molecular weight is 427 g/mol. The smallest absolute Gasteiger partial charge is 0.258 e. The summed E-state index contributed by atoms with van der Waals surface area (Å²) in [6.07, 6.45) is 7.45. The maximum absolute atomic E-state index is 13.2. The molecule has 1 aliphatic heterocycles. The van der Waals surface area contributed by atoms with E-state index in [9.17, 15) is 8.42 Å². The number of aryl methyl sites for hydroxylation is 2. The average Bonchev–Trinajstić information content (AvgIpc) is 3.27. The van der Waals surface area contributed by atoms with Crippen molar-refractivity contribution >= 4 is 10.0 Å². The van der Waals surface area contributed by atoms with Crippen LogP contribution in [0.5, 0.6) is 0 Å². The van der Waals surface area contributed by atoms with Crippen LogP contribution >= 0.6 is 0 Å². The van der Waals surface area contributed by atoms with Crippen LogP contribution in [0.4, 0.5) is 0 Å². The summed E-state index contributed by atoms with van der Waals surface area (Å²) < 4.78 is 33.5. The van der Waals surface area contributed by atoms with E-state index in [0.717, 1.165) is 30.4 Å². The third kappa shape index (κ3) is 4.44. The topological polar surface area (TPSA) is 89.2 Å². The number of hydrogen-bond acceptors (Lipinski definition) is 6. The molecule has 2 aromatic heterocycles. The molecule has 1 unspecified atom stereocenters. The molecule has 4 rings (SSSR count). The Hall–Kier alpha value is -2.58. The molecular weight excluding hydrogens is 400 g/mol. The second-order valence-corrected chi connectivity index (χ2v) is 9.53. The summed E-state index contributed by atoms with van der Waals surface area (Å²) in [7, 11) is -3.47. The van der Waals surface area contributed by atoms with Gasteiger partial charge in [0.25, 0.3) is 5.89 Å². The van der Waals surface area contributed by atoms with E-state index in [2.05, 4.69) is 15.1 Å². The molecule has 0 saturated carbocycles. The highest BCUT2D eigenvalue weighted by molar-refractivity contribution is 7.89. The van der Waals surface area contributed by atoms with Crippen LogP contribution in [0.3, 0.4) is 0 Å². The highest BCUT2D eigenvalue weighted by Crippen LogP contribution is 2.28. The molecule has 0 spiro atoms. The Labute approximate surface area is 177 Å². The third-order valence-electron chi connectivity index (χ3n) is 5.62. The molecule has 7 nitrogen and oxygen atoms in total. The minimum atomic E-state index is -3.47. The summed E-state index contributed by atoms with van der Waals surface area (Å²) in [6.45, 7) is 3.10. The number of piperidine rings is 1. The van der Waals surface area contributed by atoms with Crippen molar-refractivity contribution in [3.8, 4) is 11.5 Å². The lowest BCUT2D eigenvalue weighted by Gasteiger charge is -2.32. The lowest BCUT2D eigenvalue weighted by molar-refractivity contribution is 0.254. The van der Waals surface area contributed by atoms with Crippen molar-refractivity contribution in [2.24, 2.45) is 5.92 Å². The zero-order valence-corrected chi connectivity index (χ0v) is 17.9. The van der Waals surface area contributed by atoms with Gasteiger partial charge in [-0.05, 0) is 55.4 Å². The van der Waals surface area contributed by atoms with E-state index in [-0.39, 0.29) is 5.92 Å². The Morgan fingerprint density at radius 2 is 1.97 bits per heavy atom. The van der Waals surface area contributed by atoms with E-state index >= 15 is 0 Å². The van der Waals surface area contributed by atoms with Crippen LogP contribution in [-0.4, -0.2) is 40.9 Å². The monoisotopic (exact) mass is 426 g/mol. The van der Waals surface area contributed by atoms with Gasteiger partial charge in [-0.15, -0.1) is 0 Å². The van der Waals surface area contributed by atoms with Crippen molar-refractivity contribution in [3.63, 3.8) is 0 Å². The normalized spacial score (nSPS) is 17.8. The Morgan fingerprint density at radius 1 is 1.17 bits per heavy atom. The van der Waals surface area contributed by atoms with Gasteiger partial charge in [0.05, 0.1) is 4.90 Å². The first-order valence-electron chi connectivity index (χ1n) is 10.4. The largest absolute Gasteiger partial charge is 0.334 e. The van der Waals surface area contributed by atoms with E-state index in [4.69, 9.17) is 4.52 Å². The second kappa shape index (κ2) is 9.06. The molecule has 0 bridgehead atoms. The van der Waals surface area contributed by atoms with Crippen molar-refractivity contribution in [2.45, 2.75) is 43.9 Å². The number of rotatable bonds is 7. The predicted octanol–water partition coefficient (Wildman–Crippen LogP) is 3.73. The molecule has 3 aromatic rings. The number of aromatic nitrogens is 3. The number of sulfonamides is 1. The van der Waals surface area contributed by atoms with Crippen LogP contribution in [0.1, 0.15) is 37.6 Å². The first kappa shape index (κ1) is 20.7. The fourth-order valence-electron chi connectivity index (χ4n) is 3.97. The van der Waals surface area contributed by atoms with Crippen LogP contribution in [0, 0.1) is 5.92 Å². The molecule has 0 radical (unpaired) electrons. The van der Waals surface area contributed by atoms with E-state index in [1.54, 1.807) is 28.8 Å². The predicted molar refractivity (Wildman–Crippen MR) is 113 cm³/mol. The quantitative estimate of drug-likeness (QED) is 0.572. The van der Waals surface area contributed by atoms with Crippen molar-refractivity contribution < 1.29 is 12.9 Å². The van der Waals surface area contributed by atoms with Gasteiger partial charge in [0.15, 0.2) is 5.82 Å². The highest BCUT2D eigenvalue weighted by atomic mass is 32.2. The maximum atomic E-state index is 13.2. The van der Waals surface area contributed by atoms with Gasteiger partial charge in [0, 0.05) is 37.5 Å². The molecule has 1 saturated heterocycles. The Balaban J connectivity index is 1.40. The molecule has 1 atom stereocenters. The highest BCUT2D eigenvalue weighted by Gasteiger charge is 2.31. The summed E-state index contributed by atoms with van der Waals surface area (Å²) in [4.78, 5) is 8.89. The van der Waals surface area contributed by atoms with Gasteiger partial charge in [-0.25, -0.2) is 8.42 Å². The molecule has 3 heterocycles. The van der Waals surface area contributed by atoms with Gasteiger partial charge in [0.1, 0.15) is 0 Å². The summed E-state index contributed by atoms with van der Waals surface area (Å²) in [5.74, 6) is 1.42. The number of nitrogens with zero attached hydrogens (tertiary/aromatic N) is 4. The summed E-state index contributed by atoms with van der Waals surface area (Å²) >= 11 is 0. The van der Waals surface area contributed by atoms with Crippen LogP contribution < -0.4 is 0 Å². The van der Waals surface area contributed by atoms with E-state index in [0.29, 0.717) is 42.5 Å². The fourth-order valence-corrected chi connectivity index (χ4v) is 5.82. The zero-order chi connectivity index (χ0) is 21.0. The standard InChI is InChI=1S/C22H26N4O3S/c1-2-18-7-3-4-8-20(18)30(27,28)26-15-5-6-17(16-26)9-10-21-24-22(29-25-21)19-11-13-23-14-12-19/h3-4,7-8,11-14,17H,2,5-6,9-10,15-16H2,1H3. The number of hydrogen-bond donors (Lipinski definition) is 0. The number of benzene rings is 1. The lowest BCUT2D eigenvalue weighted by atomic mass is 9.94. The van der Waals surface area contributed by atoms with E-state index in [1.807, 2.05) is 31.2 Å². The lowest BCUT2D eigenvalue weighted by Crippen LogP contribution is -2.40. The Kier molecular flexibility index (Phi) is 6.24. The Bertz CT molecular complexity index is 1080. The molecule has 158 valence electrons. The Morgan fingerprint density at radius 3 is 2.77 bits per heavy atom. The fraction of sp³-hybridized carbons (Fsp3) is 0.409. The van der Waals surface area contributed by atoms with E-state index in [1.165, 1.54) is 0 Å². The van der Waals surface area contributed by atoms with Crippen molar-refractivity contribution in [2.75, 3.05) is 13.1 Å². The molecule has 0 amide bonds. The number of pyridine rings is 1. The maximum Gasteiger partial charge on any atom is 0.258 e. The van der Waals surface area contributed by atoms with Crippen molar-refractivity contribution in [1.29, 1.82) is 0 Å². The van der Waals surface area contributed by atoms with Gasteiger partial charge < -0.3 is 4.52 Å². The van der Waals surface area contributed by atoms with Crippen molar-refractivity contribution in [3.05, 3.63) is 60.2 Å².